The van der Waals surface area contributed by atoms with Gasteiger partial charge >= 0.3 is 0 Å². The second-order valence-corrected chi connectivity index (χ2v) is 8.84. The number of carbonyl (C=O) groups excluding carboxylic acids is 2. The van der Waals surface area contributed by atoms with Crippen molar-refractivity contribution in [2.75, 3.05) is 10.0 Å². The van der Waals surface area contributed by atoms with E-state index in [9.17, 15) is 18.0 Å². The summed E-state index contributed by atoms with van der Waals surface area (Å²) in [5, 5.41) is 2.97. The summed E-state index contributed by atoms with van der Waals surface area (Å²) in [5.41, 5.74) is 1.53. The van der Waals surface area contributed by atoms with E-state index in [1.54, 1.807) is 24.3 Å². The van der Waals surface area contributed by atoms with Crippen LogP contribution in [0, 0.1) is 0 Å². The number of benzene rings is 3. The number of hydrogen-bond donors (Lipinski definition) is 2. The molecule has 0 atom stereocenters. The van der Waals surface area contributed by atoms with Gasteiger partial charge in [0.15, 0.2) is 5.78 Å². The number of hydrogen-bond acceptors (Lipinski definition) is 4. The summed E-state index contributed by atoms with van der Waals surface area (Å²) in [7, 11) is -3.96. The van der Waals surface area contributed by atoms with E-state index < -0.39 is 15.9 Å². The maximum absolute atomic E-state index is 12.6. The fourth-order valence-electron chi connectivity index (χ4n) is 2.60. The van der Waals surface area contributed by atoms with Gasteiger partial charge in [-0.15, -0.1) is 0 Å². The van der Waals surface area contributed by atoms with E-state index in [0.717, 1.165) is 0 Å². The van der Waals surface area contributed by atoms with Gasteiger partial charge in [0.05, 0.1) is 5.02 Å². The smallest absolute Gasteiger partial charge is 0.263 e. The molecule has 0 saturated heterocycles. The summed E-state index contributed by atoms with van der Waals surface area (Å²) < 4.78 is 27.5. The molecule has 30 heavy (non-hydrogen) atoms. The molecule has 0 unspecified atom stereocenters. The molecule has 2 N–H and O–H groups in total. The Morgan fingerprint density at radius 1 is 0.833 bits per heavy atom. The fraction of sp³-hybridized carbons (Fsp3) is 0.0476. The minimum Gasteiger partial charge on any atom is -0.322 e. The van der Waals surface area contributed by atoms with E-state index >= 15 is 0 Å². The molecule has 0 bridgehead atoms. The number of nitrogens with one attached hydrogen (secondary N) is 2. The van der Waals surface area contributed by atoms with E-state index in [-0.39, 0.29) is 26.4 Å². The molecule has 154 valence electrons. The highest BCUT2D eigenvalue weighted by atomic mass is 35.5. The number of carbonyl (C=O) groups is 2. The molecule has 6 nitrogen and oxygen atoms in total. The number of halogens is 2. The van der Waals surface area contributed by atoms with Crippen LogP contribution in [0.2, 0.25) is 10.0 Å². The molecule has 0 aliphatic rings. The topological polar surface area (TPSA) is 92.3 Å². The predicted octanol–water partition coefficient (Wildman–Crippen LogP) is 5.25. The predicted molar refractivity (Wildman–Crippen MR) is 118 cm³/mol. The van der Waals surface area contributed by atoms with Crippen molar-refractivity contribution >= 4 is 56.3 Å². The van der Waals surface area contributed by atoms with E-state index in [1.165, 1.54) is 49.4 Å². The van der Waals surface area contributed by atoms with Crippen molar-refractivity contribution in [1.82, 2.24) is 0 Å². The third-order valence-electron chi connectivity index (χ3n) is 4.11. The zero-order valence-electron chi connectivity index (χ0n) is 15.6. The van der Waals surface area contributed by atoms with E-state index in [4.69, 9.17) is 23.2 Å². The van der Waals surface area contributed by atoms with Crippen molar-refractivity contribution in [2.45, 2.75) is 11.8 Å². The number of amides is 1. The zero-order chi connectivity index (χ0) is 21.9. The molecule has 0 heterocycles. The first-order valence-corrected chi connectivity index (χ1v) is 10.9. The fourth-order valence-corrected chi connectivity index (χ4v) is 4.42. The molecule has 0 radical (unpaired) electrons. The van der Waals surface area contributed by atoms with Gasteiger partial charge in [-0.25, -0.2) is 8.42 Å². The first kappa shape index (κ1) is 21.8. The van der Waals surface area contributed by atoms with Gasteiger partial charge in [0.2, 0.25) is 0 Å². The summed E-state index contributed by atoms with van der Waals surface area (Å²) in [5.74, 6) is -0.509. The summed E-state index contributed by atoms with van der Waals surface area (Å²) in [6.07, 6.45) is 0. The highest BCUT2D eigenvalue weighted by Crippen LogP contribution is 2.27. The maximum atomic E-state index is 12.6. The van der Waals surface area contributed by atoms with Crippen LogP contribution in [0.3, 0.4) is 0 Å². The second-order valence-electron chi connectivity index (χ2n) is 6.35. The first-order valence-electron chi connectivity index (χ1n) is 8.66. The lowest BCUT2D eigenvalue weighted by molar-refractivity contribution is 0.101. The van der Waals surface area contributed by atoms with Crippen molar-refractivity contribution in [3.8, 4) is 0 Å². The lowest BCUT2D eigenvalue weighted by Gasteiger charge is -2.11. The summed E-state index contributed by atoms with van der Waals surface area (Å²) in [6.45, 7) is 1.44. The first-order chi connectivity index (χ1) is 14.2. The van der Waals surface area contributed by atoms with Crippen LogP contribution in [0.15, 0.2) is 71.6 Å². The molecule has 0 aliphatic carbocycles. The zero-order valence-corrected chi connectivity index (χ0v) is 18.0. The maximum Gasteiger partial charge on any atom is 0.263 e. The van der Waals surface area contributed by atoms with Gasteiger partial charge in [0, 0.05) is 27.5 Å². The SMILES string of the molecule is CC(=O)c1cccc(NC(=O)c2ccc(NS(=O)(=O)c3cc(Cl)ccc3Cl)cc2)c1. The normalized spacial score (nSPS) is 11.0. The van der Waals surface area contributed by atoms with Crippen molar-refractivity contribution in [2.24, 2.45) is 0 Å². The highest BCUT2D eigenvalue weighted by Gasteiger charge is 2.19. The Balaban J connectivity index is 1.74. The van der Waals surface area contributed by atoms with Gasteiger partial charge in [-0.3, -0.25) is 14.3 Å². The van der Waals surface area contributed by atoms with Crippen molar-refractivity contribution in [1.29, 1.82) is 0 Å². The largest absolute Gasteiger partial charge is 0.322 e. The van der Waals surface area contributed by atoms with Gasteiger partial charge in [0.1, 0.15) is 4.90 Å². The van der Waals surface area contributed by atoms with E-state index in [0.29, 0.717) is 16.8 Å². The Kier molecular flexibility index (Phi) is 6.45. The Morgan fingerprint density at radius 2 is 1.53 bits per heavy atom. The molecule has 1 amide bonds. The third kappa shape index (κ3) is 5.18. The van der Waals surface area contributed by atoms with Crippen LogP contribution in [-0.4, -0.2) is 20.1 Å². The van der Waals surface area contributed by atoms with Crippen molar-refractivity contribution in [3.63, 3.8) is 0 Å². The minimum absolute atomic E-state index is 0.0377. The lowest BCUT2D eigenvalue weighted by atomic mass is 10.1. The molecular formula is C21H16Cl2N2O4S. The number of Topliss-reactive ketones (excluding diaryl/α,β-unsaturated/α-hetero) is 1. The monoisotopic (exact) mass is 462 g/mol. The quantitative estimate of drug-likeness (QED) is 0.489. The Bertz CT molecular complexity index is 1230. The van der Waals surface area contributed by atoms with Gasteiger partial charge in [-0.1, -0.05) is 35.3 Å². The van der Waals surface area contributed by atoms with Crippen molar-refractivity contribution < 1.29 is 18.0 Å². The molecule has 0 saturated carbocycles. The van der Waals surface area contributed by atoms with Crippen LogP contribution >= 0.6 is 23.2 Å². The molecule has 0 aliphatic heterocycles. The number of sulfonamides is 1. The molecule has 0 fully saturated rings. The van der Waals surface area contributed by atoms with Crippen LogP contribution in [0.5, 0.6) is 0 Å². The summed E-state index contributed by atoms with van der Waals surface area (Å²) in [6, 6.07) is 16.6. The highest BCUT2D eigenvalue weighted by molar-refractivity contribution is 7.92. The second kappa shape index (κ2) is 8.87. The van der Waals surface area contributed by atoms with E-state index in [1.807, 2.05) is 0 Å². The average molecular weight is 463 g/mol. The molecule has 3 rings (SSSR count). The van der Waals surface area contributed by atoms with Crippen LogP contribution in [0.1, 0.15) is 27.6 Å². The molecular weight excluding hydrogens is 447 g/mol. The average Bonchev–Trinajstić information content (AvgIpc) is 2.70. The van der Waals surface area contributed by atoms with Gasteiger partial charge in [0.25, 0.3) is 15.9 Å². The van der Waals surface area contributed by atoms with Crippen LogP contribution in [0.25, 0.3) is 0 Å². The molecule has 3 aromatic rings. The Morgan fingerprint density at radius 3 is 2.20 bits per heavy atom. The Hall–Kier alpha value is -2.87. The van der Waals surface area contributed by atoms with Crippen LogP contribution in [-0.2, 0) is 10.0 Å². The third-order valence-corrected chi connectivity index (χ3v) is 6.21. The molecule has 9 heteroatoms. The number of rotatable bonds is 6. The standard InChI is InChI=1S/C21H16Cl2N2O4S/c1-13(26)15-3-2-4-18(11-15)24-21(27)14-5-8-17(9-6-14)25-30(28,29)20-12-16(22)7-10-19(20)23/h2-12,25H,1H3,(H,24,27). The number of anilines is 2. The minimum atomic E-state index is -3.96. The summed E-state index contributed by atoms with van der Waals surface area (Å²) >= 11 is 11.8. The van der Waals surface area contributed by atoms with E-state index in [2.05, 4.69) is 10.0 Å². The molecule has 0 aromatic heterocycles. The van der Waals surface area contributed by atoms with Gasteiger partial charge in [-0.2, -0.15) is 0 Å². The van der Waals surface area contributed by atoms with Crippen molar-refractivity contribution in [3.05, 3.63) is 87.9 Å². The van der Waals surface area contributed by atoms with Gasteiger partial charge < -0.3 is 5.32 Å². The Labute approximate surface area is 183 Å². The summed E-state index contributed by atoms with van der Waals surface area (Å²) in [4.78, 5) is 23.7. The lowest BCUT2D eigenvalue weighted by Crippen LogP contribution is -2.14. The van der Waals surface area contributed by atoms with Crippen LogP contribution in [0.4, 0.5) is 11.4 Å². The number of ketones is 1. The van der Waals surface area contributed by atoms with Gasteiger partial charge in [-0.05, 0) is 61.5 Å². The van der Waals surface area contributed by atoms with Crippen LogP contribution < -0.4 is 10.0 Å². The molecule has 0 spiro atoms. The molecule has 3 aromatic carbocycles.